The molecule has 0 bridgehead atoms. The minimum atomic E-state index is -0.138. The first-order valence-corrected chi connectivity index (χ1v) is 20.5. The molecule has 0 radical (unpaired) electrons. The second-order valence-electron chi connectivity index (χ2n) is 16.2. The topological polar surface area (TPSA) is 8.17 Å². The van der Waals surface area contributed by atoms with Gasteiger partial charge in [-0.05, 0) is 122 Å². The zero-order valence-electron chi connectivity index (χ0n) is 33.2. The summed E-state index contributed by atoms with van der Waals surface area (Å²) in [4.78, 5) is 2.35. The lowest BCUT2D eigenvalue weighted by Crippen LogP contribution is -2.15. The summed E-state index contributed by atoms with van der Waals surface area (Å²) in [5, 5.41) is 2.62. The van der Waals surface area contributed by atoms with Crippen LogP contribution in [0, 0.1) is 0 Å². The van der Waals surface area contributed by atoms with Crippen LogP contribution >= 0.6 is 0 Å². The van der Waals surface area contributed by atoms with Crippen molar-refractivity contribution in [2.45, 2.75) is 19.3 Å². The lowest BCUT2D eigenvalue weighted by molar-refractivity contribution is 0.666. The van der Waals surface area contributed by atoms with Gasteiger partial charge in [0.1, 0.15) is 0 Å². The van der Waals surface area contributed by atoms with E-state index in [1.165, 1.54) is 83.1 Å². The van der Waals surface area contributed by atoms with Crippen LogP contribution in [0.25, 0.3) is 72.0 Å². The van der Waals surface area contributed by atoms with Gasteiger partial charge in [0.15, 0.2) is 0 Å². The molecule has 0 aliphatic heterocycles. The summed E-state index contributed by atoms with van der Waals surface area (Å²) < 4.78 is 2.45. The van der Waals surface area contributed by atoms with Gasteiger partial charge in [-0.2, -0.15) is 0 Å². The predicted molar refractivity (Wildman–Crippen MR) is 249 cm³/mol. The molecule has 0 N–H and O–H groups in total. The van der Waals surface area contributed by atoms with E-state index < -0.39 is 0 Å². The van der Waals surface area contributed by atoms with E-state index >= 15 is 0 Å². The summed E-state index contributed by atoms with van der Waals surface area (Å²) in [5.74, 6) is 0. The Morgan fingerprint density at radius 1 is 0.373 bits per heavy atom. The van der Waals surface area contributed by atoms with Crippen LogP contribution in [0.1, 0.15) is 25.0 Å². The van der Waals surface area contributed by atoms with Crippen molar-refractivity contribution >= 4 is 38.9 Å². The normalized spacial score (nSPS) is 12.7. The minimum absolute atomic E-state index is 0.138. The molecule has 59 heavy (non-hydrogen) atoms. The highest BCUT2D eigenvalue weighted by Crippen LogP contribution is 2.53. The maximum absolute atomic E-state index is 2.45. The molecule has 1 aliphatic rings. The highest BCUT2D eigenvalue weighted by atomic mass is 15.1. The molecule has 1 heterocycles. The number of fused-ring (bicyclic) bond motifs is 7. The highest BCUT2D eigenvalue weighted by Gasteiger charge is 2.38. The number of hydrogen-bond donors (Lipinski definition) is 0. The summed E-state index contributed by atoms with van der Waals surface area (Å²) in [7, 11) is 0. The molecular weight excluding hydrogens is 713 g/mol. The molecule has 0 unspecified atom stereocenters. The van der Waals surface area contributed by atoms with Gasteiger partial charge in [0.05, 0.1) is 11.0 Å². The van der Waals surface area contributed by atoms with Gasteiger partial charge in [-0.1, -0.05) is 166 Å². The molecule has 0 fully saturated rings. The van der Waals surface area contributed by atoms with Crippen LogP contribution in [0.15, 0.2) is 218 Å². The van der Waals surface area contributed by atoms with Crippen LogP contribution in [-0.4, -0.2) is 4.57 Å². The molecule has 0 saturated heterocycles. The SMILES string of the molecule is CC1(C)c2ccccc2-c2ccc3c(c21)c1cc(-c2ccc(N(c4ccc(-c5ccccc5)cc4)c4ccc(-c5ccccc5)cc4)cc2)ccc1n3-c1ccccc1. The van der Waals surface area contributed by atoms with E-state index in [-0.39, 0.29) is 5.41 Å². The first kappa shape index (κ1) is 34.8. The summed E-state index contributed by atoms with van der Waals surface area (Å²) in [5.41, 5.74) is 19.5. The smallest absolute Gasteiger partial charge is 0.0544 e. The molecular formula is C57H42N2. The van der Waals surface area contributed by atoms with Crippen molar-refractivity contribution in [1.29, 1.82) is 0 Å². The second kappa shape index (κ2) is 13.9. The van der Waals surface area contributed by atoms with E-state index in [2.05, 4.69) is 242 Å². The number of nitrogens with zero attached hydrogens (tertiary/aromatic N) is 2. The Morgan fingerprint density at radius 2 is 0.814 bits per heavy atom. The van der Waals surface area contributed by atoms with E-state index in [1.54, 1.807) is 0 Å². The average Bonchev–Trinajstić information content (AvgIpc) is 3.75. The lowest BCUT2D eigenvalue weighted by Gasteiger charge is -2.26. The van der Waals surface area contributed by atoms with E-state index in [0.717, 1.165) is 17.1 Å². The Balaban J connectivity index is 1.03. The quantitative estimate of drug-likeness (QED) is 0.157. The number of aromatic nitrogens is 1. The Hall–Kier alpha value is -7.42. The molecule has 0 saturated carbocycles. The Bertz CT molecular complexity index is 3040. The van der Waals surface area contributed by atoms with Gasteiger partial charge in [-0.25, -0.2) is 0 Å². The number of rotatable bonds is 7. The summed E-state index contributed by atoms with van der Waals surface area (Å²) >= 11 is 0. The summed E-state index contributed by atoms with van der Waals surface area (Å²) in [6, 6.07) is 79.5. The molecule has 1 aliphatic carbocycles. The molecule has 0 amide bonds. The molecule has 2 heteroatoms. The van der Waals surface area contributed by atoms with Crippen molar-refractivity contribution < 1.29 is 0 Å². The molecule has 11 rings (SSSR count). The van der Waals surface area contributed by atoms with Gasteiger partial charge in [0.25, 0.3) is 0 Å². The monoisotopic (exact) mass is 754 g/mol. The number of anilines is 3. The van der Waals surface area contributed by atoms with Gasteiger partial charge in [-0.3, -0.25) is 0 Å². The predicted octanol–water partition coefficient (Wildman–Crippen LogP) is 15.6. The fourth-order valence-electron chi connectivity index (χ4n) is 9.54. The lowest BCUT2D eigenvalue weighted by atomic mass is 9.80. The van der Waals surface area contributed by atoms with Crippen molar-refractivity contribution in [3.05, 3.63) is 230 Å². The first-order valence-electron chi connectivity index (χ1n) is 20.5. The zero-order valence-corrected chi connectivity index (χ0v) is 33.2. The van der Waals surface area contributed by atoms with Crippen LogP contribution in [0.4, 0.5) is 17.1 Å². The van der Waals surface area contributed by atoms with Crippen LogP contribution < -0.4 is 4.90 Å². The van der Waals surface area contributed by atoms with E-state index in [1.807, 2.05) is 0 Å². The molecule has 0 spiro atoms. The van der Waals surface area contributed by atoms with Gasteiger partial charge < -0.3 is 9.47 Å². The van der Waals surface area contributed by atoms with Crippen molar-refractivity contribution in [3.63, 3.8) is 0 Å². The van der Waals surface area contributed by atoms with Crippen molar-refractivity contribution in [1.82, 2.24) is 4.57 Å². The third-order valence-electron chi connectivity index (χ3n) is 12.4. The second-order valence-corrected chi connectivity index (χ2v) is 16.2. The van der Waals surface area contributed by atoms with Gasteiger partial charge in [0, 0.05) is 38.9 Å². The molecule has 0 atom stereocenters. The standard InChI is InChI=1S/C57H42N2/c1-57(2)52-21-13-12-20-49(52)50-35-37-54-55(56(50)57)51-38-44(28-36-53(51)59(54)45-18-10-5-11-19-45)43-26-33-48(34-27-43)58(46-29-22-41(23-30-46)39-14-6-3-7-15-39)47-31-24-42(25-32-47)40-16-8-4-9-17-40/h3-38H,1-2H3. The van der Waals surface area contributed by atoms with Crippen molar-refractivity contribution in [2.24, 2.45) is 0 Å². The van der Waals surface area contributed by atoms with Crippen LogP contribution in [0.2, 0.25) is 0 Å². The molecule has 9 aromatic carbocycles. The third kappa shape index (κ3) is 5.79. The minimum Gasteiger partial charge on any atom is -0.311 e. The van der Waals surface area contributed by atoms with Gasteiger partial charge in [-0.15, -0.1) is 0 Å². The van der Waals surface area contributed by atoms with Crippen molar-refractivity contribution in [2.75, 3.05) is 4.90 Å². The van der Waals surface area contributed by atoms with Gasteiger partial charge >= 0.3 is 0 Å². The average molecular weight is 755 g/mol. The molecule has 2 nitrogen and oxygen atoms in total. The van der Waals surface area contributed by atoms with E-state index in [0.29, 0.717) is 0 Å². The fraction of sp³-hybridized carbons (Fsp3) is 0.0526. The summed E-state index contributed by atoms with van der Waals surface area (Å²) in [6.45, 7) is 4.78. The van der Waals surface area contributed by atoms with E-state index in [9.17, 15) is 0 Å². The Labute approximate surface area is 345 Å². The van der Waals surface area contributed by atoms with E-state index in [4.69, 9.17) is 0 Å². The zero-order chi connectivity index (χ0) is 39.5. The molecule has 280 valence electrons. The number of hydrogen-bond acceptors (Lipinski definition) is 1. The molecule has 1 aromatic heterocycles. The Morgan fingerprint density at radius 3 is 1.37 bits per heavy atom. The fourth-order valence-corrected chi connectivity index (χ4v) is 9.54. The summed E-state index contributed by atoms with van der Waals surface area (Å²) in [6.07, 6.45) is 0. The maximum Gasteiger partial charge on any atom is 0.0544 e. The van der Waals surface area contributed by atoms with Crippen molar-refractivity contribution in [3.8, 4) is 50.2 Å². The molecule has 10 aromatic rings. The largest absolute Gasteiger partial charge is 0.311 e. The van der Waals surface area contributed by atoms with Gasteiger partial charge in [0.2, 0.25) is 0 Å². The highest BCUT2D eigenvalue weighted by molar-refractivity contribution is 6.15. The Kier molecular flexibility index (Phi) is 8.20. The maximum atomic E-state index is 2.45. The van der Waals surface area contributed by atoms with Crippen LogP contribution in [0.5, 0.6) is 0 Å². The van der Waals surface area contributed by atoms with Crippen LogP contribution in [0.3, 0.4) is 0 Å². The third-order valence-corrected chi connectivity index (χ3v) is 12.4. The number of para-hydroxylation sites is 1. The first-order chi connectivity index (χ1) is 29.0. The van der Waals surface area contributed by atoms with Crippen LogP contribution in [-0.2, 0) is 5.41 Å². The number of benzene rings is 9.